The maximum atomic E-state index is 12.9. The minimum atomic E-state index is -1.62. The molecule has 1 aromatic carbocycles. The molecular weight excluding hydrogens is 360 g/mol. The van der Waals surface area contributed by atoms with E-state index in [9.17, 15) is 19.8 Å². The molecule has 6 nitrogen and oxygen atoms in total. The summed E-state index contributed by atoms with van der Waals surface area (Å²) in [5.74, 6) is -2.69. The Labute approximate surface area is 164 Å². The van der Waals surface area contributed by atoms with E-state index in [0.717, 1.165) is 5.57 Å². The van der Waals surface area contributed by atoms with E-state index in [1.807, 2.05) is 19.9 Å². The number of fused-ring (bicyclic) bond motifs is 1. The zero-order valence-corrected chi connectivity index (χ0v) is 17.1. The Balaban J connectivity index is 2.21. The van der Waals surface area contributed by atoms with Crippen molar-refractivity contribution in [2.75, 3.05) is 0 Å². The highest BCUT2D eigenvalue weighted by Gasteiger charge is 2.56. The molecule has 0 aromatic heterocycles. The number of phenols is 2. The second-order valence-electron chi connectivity index (χ2n) is 8.01. The second kappa shape index (κ2) is 6.69. The summed E-state index contributed by atoms with van der Waals surface area (Å²) in [6, 6.07) is 0. The van der Waals surface area contributed by atoms with Crippen molar-refractivity contribution in [1.29, 1.82) is 0 Å². The number of ether oxygens (including phenoxy) is 2. The van der Waals surface area contributed by atoms with Crippen LogP contribution in [0.15, 0.2) is 23.0 Å². The van der Waals surface area contributed by atoms with Crippen LogP contribution in [0, 0.1) is 5.92 Å². The van der Waals surface area contributed by atoms with E-state index in [1.54, 1.807) is 27.7 Å². The van der Waals surface area contributed by atoms with Crippen LogP contribution in [0.25, 0.3) is 0 Å². The number of Topliss-reactive ketones (excluding diaryl/α,β-unsaturated/α-hetero) is 2. The number of hydrogen-bond donors (Lipinski definition) is 2. The van der Waals surface area contributed by atoms with E-state index in [1.165, 1.54) is 0 Å². The lowest BCUT2D eigenvalue weighted by Crippen LogP contribution is -2.42. The van der Waals surface area contributed by atoms with E-state index in [4.69, 9.17) is 9.47 Å². The average Bonchev–Trinajstić information content (AvgIpc) is 3.08. The zero-order chi connectivity index (χ0) is 21.0. The number of benzene rings is 1. The van der Waals surface area contributed by atoms with Gasteiger partial charge in [-0.05, 0) is 34.1 Å². The standard InChI is InChI=1S/C22H26O6/c1-10(2)7-8-14-18(24)15-9-22(21(26)12(5)13(6)27-22)28-20(15)16(19(14)25)17(23)11(3)4/h7,11,24-25H,8-9H2,1-6H3. The number of carbonyl (C=O) groups is 2. The van der Waals surface area contributed by atoms with Gasteiger partial charge in [-0.25, -0.2) is 0 Å². The lowest BCUT2D eigenvalue weighted by molar-refractivity contribution is -0.160. The average molecular weight is 386 g/mol. The van der Waals surface area contributed by atoms with Crippen LogP contribution in [0.2, 0.25) is 0 Å². The van der Waals surface area contributed by atoms with E-state index in [-0.39, 0.29) is 52.8 Å². The summed E-state index contributed by atoms with van der Waals surface area (Å²) in [6.07, 6.45) is 2.08. The third-order valence-electron chi connectivity index (χ3n) is 5.29. The van der Waals surface area contributed by atoms with Crippen molar-refractivity contribution < 1.29 is 29.3 Å². The third-order valence-corrected chi connectivity index (χ3v) is 5.29. The van der Waals surface area contributed by atoms with Crippen LogP contribution in [-0.2, 0) is 22.4 Å². The predicted molar refractivity (Wildman–Crippen MR) is 104 cm³/mol. The van der Waals surface area contributed by atoms with Gasteiger partial charge in [-0.15, -0.1) is 0 Å². The van der Waals surface area contributed by atoms with Crippen LogP contribution in [0.5, 0.6) is 17.2 Å². The van der Waals surface area contributed by atoms with Gasteiger partial charge in [0.2, 0.25) is 5.78 Å². The van der Waals surface area contributed by atoms with Crippen molar-refractivity contribution in [3.8, 4) is 17.2 Å². The quantitative estimate of drug-likeness (QED) is 0.601. The molecule has 0 saturated heterocycles. The minimum Gasteiger partial charge on any atom is -0.507 e. The van der Waals surface area contributed by atoms with Gasteiger partial charge in [0.25, 0.3) is 0 Å². The molecule has 28 heavy (non-hydrogen) atoms. The molecule has 2 aliphatic rings. The van der Waals surface area contributed by atoms with Gasteiger partial charge in [0.1, 0.15) is 28.6 Å². The number of phenolic OH excluding ortho intramolecular Hbond substituents is 2. The van der Waals surface area contributed by atoms with E-state index in [0.29, 0.717) is 16.9 Å². The van der Waals surface area contributed by atoms with E-state index >= 15 is 0 Å². The normalized spacial score (nSPS) is 20.5. The molecule has 2 heterocycles. The number of hydrogen-bond acceptors (Lipinski definition) is 6. The lowest BCUT2D eigenvalue weighted by atomic mass is 9.90. The first kappa shape index (κ1) is 20.0. The first-order valence-electron chi connectivity index (χ1n) is 9.37. The highest BCUT2D eigenvalue weighted by Crippen LogP contribution is 2.52. The molecule has 3 rings (SSSR count). The van der Waals surface area contributed by atoms with Crippen LogP contribution in [0.4, 0.5) is 0 Å². The largest absolute Gasteiger partial charge is 0.507 e. The first-order valence-corrected chi connectivity index (χ1v) is 9.37. The van der Waals surface area contributed by atoms with Gasteiger partial charge in [0, 0.05) is 22.6 Å². The fraction of sp³-hybridized carbons (Fsp3) is 0.455. The van der Waals surface area contributed by atoms with Crippen LogP contribution in [-0.4, -0.2) is 27.6 Å². The summed E-state index contributed by atoms with van der Waals surface area (Å²) in [6.45, 7) is 10.6. The van der Waals surface area contributed by atoms with Crippen LogP contribution in [0.1, 0.15) is 63.0 Å². The fourth-order valence-electron chi connectivity index (χ4n) is 3.54. The molecule has 0 amide bonds. The molecule has 6 heteroatoms. The van der Waals surface area contributed by atoms with E-state index in [2.05, 4.69) is 0 Å². The van der Waals surface area contributed by atoms with Gasteiger partial charge >= 0.3 is 5.79 Å². The SMILES string of the molecule is CC(C)=CCc1c(O)c2c(c(C(=O)C(C)C)c1O)OC1(C2)OC(C)=C(C)C1=O. The van der Waals surface area contributed by atoms with Crippen molar-refractivity contribution in [2.24, 2.45) is 5.92 Å². The Morgan fingerprint density at radius 1 is 1.18 bits per heavy atom. The topological polar surface area (TPSA) is 93.1 Å². The molecule has 0 fully saturated rings. The van der Waals surface area contributed by atoms with Gasteiger partial charge in [-0.2, -0.15) is 0 Å². The number of rotatable bonds is 4. The molecule has 1 unspecified atom stereocenters. The fourth-order valence-corrected chi connectivity index (χ4v) is 3.54. The van der Waals surface area contributed by atoms with Crippen LogP contribution >= 0.6 is 0 Å². The van der Waals surface area contributed by atoms with Crippen molar-refractivity contribution in [2.45, 2.75) is 60.2 Å². The Kier molecular flexibility index (Phi) is 4.77. The van der Waals surface area contributed by atoms with Crippen molar-refractivity contribution in [3.63, 3.8) is 0 Å². The third kappa shape index (κ3) is 2.87. The molecule has 2 aliphatic heterocycles. The van der Waals surface area contributed by atoms with Crippen molar-refractivity contribution in [3.05, 3.63) is 39.7 Å². The highest BCUT2D eigenvalue weighted by molar-refractivity contribution is 6.07. The summed E-state index contributed by atoms with van der Waals surface area (Å²) in [4.78, 5) is 25.6. The van der Waals surface area contributed by atoms with Gasteiger partial charge < -0.3 is 19.7 Å². The van der Waals surface area contributed by atoms with Gasteiger partial charge in [0.05, 0.1) is 6.42 Å². The predicted octanol–water partition coefficient (Wildman–Crippen LogP) is 3.97. The maximum absolute atomic E-state index is 12.9. The molecule has 0 aliphatic carbocycles. The van der Waals surface area contributed by atoms with Crippen LogP contribution in [0.3, 0.4) is 0 Å². The summed E-state index contributed by atoms with van der Waals surface area (Å²) >= 11 is 0. The highest BCUT2D eigenvalue weighted by atomic mass is 16.7. The Morgan fingerprint density at radius 3 is 2.32 bits per heavy atom. The summed E-state index contributed by atoms with van der Waals surface area (Å²) in [5.41, 5.74) is 2.01. The van der Waals surface area contributed by atoms with Crippen LogP contribution < -0.4 is 4.74 Å². The molecule has 1 aromatic rings. The Bertz CT molecular complexity index is 947. The van der Waals surface area contributed by atoms with Gasteiger partial charge in [-0.1, -0.05) is 25.5 Å². The molecule has 0 saturated carbocycles. The van der Waals surface area contributed by atoms with Gasteiger partial charge in [0.15, 0.2) is 5.78 Å². The Hall–Kier alpha value is -2.76. The number of ketones is 2. The summed E-state index contributed by atoms with van der Waals surface area (Å²) in [5, 5.41) is 21.7. The molecule has 150 valence electrons. The first-order chi connectivity index (χ1) is 13.0. The molecule has 1 spiro atoms. The monoisotopic (exact) mass is 386 g/mol. The minimum absolute atomic E-state index is 0.00422. The molecule has 0 bridgehead atoms. The molecule has 2 N–H and O–H groups in total. The van der Waals surface area contributed by atoms with Crippen molar-refractivity contribution in [1.82, 2.24) is 0 Å². The number of carbonyl (C=O) groups excluding carboxylic acids is 2. The number of aromatic hydroxyl groups is 2. The smallest absolute Gasteiger partial charge is 0.319 e. The van der Waals surface area contributed by atoms with E-state index < -0.39 is 11.7 Å². The lowest BCUT2D eigenvalue weighted by Gasteiger charge is -2.22. The maximum Gasteiger partial charge on any atom is 0.319 e. The van der Waals surface area contributed by atoms with Gasteiger partial charge in [-0.3, -0.25) is 9.59 Å². The zero-order valence-electron chi connectivity index (χ0n) is 17.1. The molecular formula is C22H26O6. The van der Waals surface area contributed by atoms with Crippen molar-refractivity contribution >= 4 is 11.6 Å². The number of allylic oxidation sites excluding steroid dienone is 3. The summed E-state index contributed by atoms with van der Waals surface area (Å²) in [7, 11) is 0. The summed E-state index contributed by atoms with van der Waals surface area (Å²) < 4.78 is 11.6. The molecule has 0 radical (unpaired) electrons. The molecule has 1 atom stereocenters. The Morgan fingerprint density at radius 2 is 1.82 bits per heavy atom. The second-order valence-corrected chi connectivity index (χ2v) is 8.01.